The predicted octanol–water partition coefficient (Wildman–Crippen LogP) is 3.38. The van der Waals surface area contributed by atoms with Gasteiger partial charge in [0.1, 0.15) is 11.7 Å². The Labute approximate surface area is 123 Å². The Hall–Kier alpha value is -1.07. The Kier molecular flexibility index (Phi) is 3.29. The van der Waals surface area contributed by atoms with Crippen LogP contribution in [-0.4, -0.2) is 24.8 Å². The van der Waals surface area contributed by atoms with Crippen molar-refractivity contribution in [3.63, 3.8) is 0 Å². The first-order valence-corrected chi connectivity index (χ1v) is 7.94. The first-order valence-electron chi connectivity index (χ1n) is 7.06. The van der Waals surface area contributed by atoms with Gasteiger partial charge in [-0.2, -0.15) is 0 Å². The standard InChI is InChI=1S/C15H21NO3S/c1-14(2,3)19-13(17)16-8-11-12-10(4-7-20-12)15(5-6-15)9-18-11/h4,7,11H,5-6,8-9H2,1-3H3,(H,16,17). The minimum Gasteiger partial charge on any atom is -0.444 e. The lowest BCUT2D eigenvalue weighted by Gasteiger charge is -2.30. The van der Waals surface area contributed by atoms with Gasteiger partial charge in [0.05, 0.1) is 13.2 Å². The number of amides is 1. The number of alkyl carbamates (subject to hydrolysis) is 1. The molecule has 4 nitrogen and oxygen atoms in total. The third-order valence-corrected chi connectivity index (χ3v) is 4.81. The van der Waals surface area contributed by atoms with Crippen molar-refractivity contribution in [3.8, 4) is 0 Å². The molecule has 1 aliphatic carbocycles. The summed E-state index contributed by atoms with van der Waals surface area (Å²) in [6.07, 6.45) is 2.03. The monoisotopic (exact) mass is 295 g/mol. The van der Waals surface area contributed by atoms with Gasteiger partial charge in [-0.25, -0.2) is 4.79 Å². The van der Waals surface area contributed by atoms with Crippen LogP contribution in [0.4, 0.5) is 4.79 Å². The summed E-state index contributed by atoms with van der Waals surface area (Å²) in [5.41, 5.74) is 1.26. The second-order valence-corrected chi connectivity index (χ2v) is 7.61. The zero-order chi connectivity index (χ0) is 14.4. The van der Waals surface area contributed by atoms with E-state index in [2.05, 4.69) is 16.8 Å². The van der Waals surface area contributed by atoms with Crippen LogP contribution in [0.5, 0.6) is 0 Å². The van der Waals surface area contributed by atoms with E-state index >= 15 is 0 Å². The van der Waals surface area contributed by atoms with Gasteiger partial charge in [0.2, 0.25) is 0 Å². The van der Waals surface area contributed by atoms with Gasteiger partial charge in [-0.1, -0.05) is 0 Å². The molecule has 1 aromatic heterocycles. The summed E-state index contributed by atoms with van der Waals surface area (Å²) >= 11 is 1.72. The van der Waals surface area contributed by atoms with Crippen molar-refractivity contribution in [2.75, 3.05) is 13.2 Å². The van der Waals surface area contributed by atoms with Gasteiger partial charge in [0, 0.05) is 10.3 Å². The van der Waals surface area contributed by atoms with Crippen LogP contribution in [0.1, 0.15) is 50.2 Å². The molecule has 0 radical (unpaired) electrons. The highest BCUT2D eigenvalue weighted by Gasteiger charge is 2.50. The van der Waals surface area contributed by atoms with Crippen LogP contribution in [0.15, 0.2) is 11.4 Å². The molecule has 2 aliphatic rings. The molecule has 1 atom stereocenters. The van der Waals surface area contributed by atoms with E-state index in [1.807, 2.05) is 20.8 Å². The fourth-order valence-corrected chi connectivity index (χ4v) is 3.69. The van der Waals surface area contributed by atoms with E-state index in [4.69, 9.17) is 9.47 Å². The number of carbonyl (C=O) groups is 1. The lowest BCUT2D eigenvalue weighted by Crippen LogP contribution is -2.37. The molecule has 0 saturated heterocycles. The normalized spacial score (nSPS) is 23.2. The van der Waals surface area contributed by atoms with E-state index in [1.54, 1.807) is 11.3 Å². The number of hydrogen-bond donors (Lipinski definition) is 1. The summed E-state index contributed by atoms with van der Waals surface area (Å²) in [6.45, 7) is 6.82. The predicted molar refractivity (Wildman–Crippen MR) is 78.2 cm³/mol. The summed E-state index contributed by atoms with van der Waals surface area (Å²) in [7, 11) is 0. The highest BCUT2D eigenvalue weighted by atomic mass is 32.1. The van der Waals surface area contributed by atoms with E-state index < -0.39 is 5.60 Å². The molecular weight excluding hydrogens is 274 g/mol. The molecule has 0 aromatic carbocycles. The molecule has 20 heavy (non-hydrogen) atoms. The Morgan fingerprint density at radius 2 is 2.30 bits per heavy atom. The smallest absolute Gasteiger partial charge is 0.407 e. The quantitative estimate of drug-likeness (QED) is 0.910. The molecule has 2 heterocycles. The summed E-state index contributed by atoms with van der Waals surface area (Å²) in [6, 6.07) is 2.22. The second-order valence-electron chi connectivity index (χ2n) is 6.66. The number of rotatable bonds is 2. The molecule has 1 aliphatic heterocycles. The molecule has 1 spiro atoms. The maximum absolute atomic E-state index is 11.7. The van der Waals surface area contributed by atoms with Crippen LogP contribution in [0.2, 0.25) is 0 Å². The number of nitrogens with one attached hydrogen (secondary N) is 1. The molecule has 5 heteroatoms. The number of ether oxygens (including phenoxy) is 2. The Balaban J connectivity index is 1.61. The van der Waals surface area contributed by atoms with Gasteiger partial charge in [0.25, 0.3) is 0 Å². The van der Waals surface area contributed by atoms with Gasteiger partial charge in [0.15, 0.2) is 0 Å². The highest BCUT2D eigenvalue weighted by Crippen LogP contribution is 2.55. The van der Waals surface area contributed by atoms with Crippen LogP contribution < -0.4 is 5.32 Å². The largest absolute Gasteiger partial charge is 0.444 e. The summed E-state index contributed by atoms with van der Waals surface area (Å²) in [4.78, 5) is 13.0. The van der Waals surface area contributed by atoms with Crippen LogP contribution >= 0.6 is 11.3 Å². The van der Waals surface area contributed by atoms with Crippen molar-refractivity contribution < 1.29 is 14.3 Å². The highest BCUT2D eigenvalue weighted by molar-refractivity contribution is 7.10. The van der Waals surface area contributed by atoms with Crippen molar-refractivity contribution >= 4 is 17.4 Å². The molecule has 1 amide bonds. The van der Waals surface area contributed by atoms with E-state index in [0.29, 0.717) is 6.54 Å². The molecule has 0 bridgehead atoms. The molecule has 3 rings (SSSR count). The van der Waals surface area contributed by atoms with Crippen molar-refractivity contribution in [3.05, 3.63) is 21.9 Å². The first-order chi connectivity index (χ1) is 9.40. The Morgan fingerprint density at radius 1 is 1.55 bits per heavy atom. The van der Waals surface area contributed by atoms with Crippen LogP contribution in [0.25, 0.3) is 0 Å². The van der Waals surface area contributed by atoms with E-state index in [9.17, 15) is 4.79 Å². The molecule has 1 N–H and O–H groups in total. The van der Waals surface area contributed by atoms with Gasteiger partial charge in [-0.3, -0.25) is 0 Å². The fraction of sp³-hybridized carbons (Fsp3) is 0.667. The minimum absolute atomic E-state index is 0.0382. The SMILES string of the molecule is CC(C)(C)OC(=O)NCC1OCC2(CC2)c2ccsc21. The summed E-state index contributed by atoms with van der Waals surface area (Å²) in [5, 5.41) is 4.93. The lowest BCUT2D eigenvalue weighted by molar-refractivity contribution is 0.0175. The van der Waals surface area contributed by atoms with Crippen LogP contribution in [0, 0.1) is 0 Å². The fourth-order valence-electron chi connectivity index (χ4n) is 2.63. The van der Waals surface area contributed by atoms with Crippen molar-refractivity contribution in [2.24, 2.45) is 0 Å². The Morgan fingerprint density at radius 3 is 2.95 bits per heavy atom. The first kappa shape index (κ1) is 13.9. The second kappa shape index (κ2) is 4.74. The average Bonchev–Trinajstić information content (AvgIpc) is 2.93. The van der Waals surface area contributed by atoms with Crippen LogP contribution in [0.3, 0.4) is 0 Å². The van der Waals surface area contributed by atoms with E-state index in [1.165, 1.54) is 23.3 Å². The maximum Gasteiger partial charge on any atom is 0.407 e. The van der Waals surface area contributed by atoms with Crippen LogP contribution in [-0.2, 0) is 14.9 Å². The van der Waals surface area contributed by atoms with Gasteiger partial charge in [-0.15, -0.1) is 11.3 Å². The Bertz CT molecular complexity index is 513. The summed E-state index contributed by atoms with van der Waals surface area (Å²) < 4.78 is 11.2. The van der Waals surface area contributed by atoms with E-state index in [0.717, 1.165) is 6.61 Å². The number of hydrogen-bond acceptors (Lipinski definition) is 4. The van der Waals surface area contributed by atoms with Gasteiger partial charge < -0.3 is 14.8 Å². The topological polar surface area (TPSA) is 47.6 Å². The van der Waals surface area contributed by atoms with E-state index in [-0.39, 0.29) is 17.6 Å². The maximum atomic E-state index is 11.7. The zero-order valence-corrected chi connectivity index (χ0v) is 13.0. The average molecular weight is 295 g/mol. The van der Waals surface area contributed by atoms with Gasteiger partial charge >= 0.3 is 6.09 Å². The zero-order valence-electron chi connectivity index (χ0n) is 12.2. The number of carbonyl (C=O) groups excluding carboxylic acids is 1. The van der Waals surface area contributed by atoms with Crippen molar-refractivity contribution in [1.29, 1.82) is 0 Å². The van der Waals surface area contributed by atoms with Crippen molar-refractivity contribution in [2.45, 2.75) is 50.7 Å². The third kappa shape index (κ3) is 2.69. The van der Waals surface area contributed by atoms with Gasteiger partial charge in [-0.05, 0) is 50.6 Å². The van der Waals surface area contributed by atoms with Crippen molar-refractivity contribution in [1.82, 2.24) is 5.32 Å². The molecule has 1 aromatic rings. The number of thiophene rings is 1. The summed E-state index contributed by atoms with van der Waals surface area (Å²) in [5.74, 6) is 0. The molecule has 1 saturated carbocycles. The molecule has 1 unspecified atom stereocenters. The molecule has 110 valence electrons. The third-order valence-electron chi connectivity index (χ3n) is 3.80. The molecular formula is C15H21NO3S. The molecule has 1 fully saturated rings. The minimum atomic E-state index is -0.469. The lowest BCUT2D eigenvalue weighted by atomic mass is 9.93. The number of fused-ring (bicyclic) bond motifs is 2.